The predicted molar refractivity (Wildman–Crippen MR) is 53.4 cm³/mol. The van der Waals surface area contributed by atoms with Gasteiger partial charge in [0, 0.05) is 6.04 Å². The minimum absolute atomic E-state index is 0.0627. The van der Waals surface area contributed by atoms with Gasteiger partial charge in [0.2, 0.25) is 0 Å². The van der Waals surface area contributed by atoms with Gasteiger partial charge in [0.25, 0.3) is 0 Å². The Balaban J connectivity index is 2.76. The van der Waals surface area contributed by atoms with Gasteiger partial charge in [0.15, 0.2) is 11.5 Å². The van der Waals surface area contributed by atoms with Crippen LogP contribution in [-0.4, -0.2) is 30.0 Å². The van der Waals surface area contributed by atoms with Crippen molar-refractivity contribution in [2.75, 3.05) is 13.7 Å². The van der Waals surface area contributed by atoms with E-state index in [1.165, 1.54) is 7.11 Å². The monoisotopic (exact) mass is 197 g/mol. The summed E-state index contributed by atoms with van der Waals surface area (Å²) in [6.07, 6.45) is 0.536. The molecule has 0 aliphatic carbocycles. The van der Waals surface area contributed by atoms with Gasteiger partial charge in [-0.2, -0.15) is 0 Å². The molecule has 0 aliphatic rings. The molecule has 4 N–H and O–H groups in total. The standard InChI is InChI=1S/C10H15NO3/c1-14-10-3-2-7(5-9(10)13)4-8(11)6-12/h2-3,5,8,12-13H,4,6,11H2,1H3/t8-/m0/s1. The predicted octanol–water partition coefficient (Wildman–Crippen LogP) is 0.263. The topological polar surface area (TPSA) is 75.7 Å². The normalized spacial score (nSPS) is 12.5. The van der Waals surface area contributed by atoms with Gasteiger partial charge in [-0.05, 0) is 24.1 Å². The Hall–Kier alpha value is -1.26. The molecule has 1 aromatic carbocycles. The molecule has 14 heavy (non-hydrogen) atoms. The molecule has 0 aliphatic heterocycles. The van der Waals surface area contributed by atoms with Crippen LogP contribution in [0.2, 0.25) is 0 Å². The molecule has 0 fully saturated rings. The quantitative estimate of drug-likeness (QED) is 0.647. The molecule has 0 unspecified atom stereocenters. The van der Waals surface area contributed by atoms with Crippen LogP contribution in [0.5, 0.6) is 11.5 Å². The van der Waals surface area contributed by atoms with Crippen LogP contribution in [0.1, 0.15) is 5.56 Å². The van der Waals surface area contributed by atoms with Crippen LogP contribution >= 0.6 is 0 Å². The van der Waals surface area contributed by atoms with E-state index in [-0.39, 0.29) is 18.4 Å². The maximum atomic E-state index is 9.45. The Bertz CT molecular complexity index is 301. The number of rotatable bonds is 4. The number of ether oxygens (including phenoxy) is 1. The number of phenolic OH excluding ortho intramolecular Hbond substituents is 1. The molecule has 1 aromatic rings. The third-order valence-corrected chi connectivity index (χ3v) is 1.98. The van der Waals surface area contributed by atoms with Gasteiger partial charge in [-0.25, -0.2) is 0 Å². The van der Waals surface area contributed by atoms with Gasteiger partial charge < -0.3 is 20.7 Å². The summed E-state index contributed by atoms with van der Waals surface area (Å²) in [5.74, 6) is 0.529. The van der Waals surface area contributed by atoms with Gasteiger partial charge in [0.1, 0.15) is 0 Å². The molecule has 78 valence electrons. The molecule has 1 atom stereocenters. The number of hydrogen-bond donors (Lipinski definition) is 3. The summed E-state index contributed by atoms with van der Waals surface area (Å²) >= 11 is 0. The van der Waals surface area contributed by atoms with Crippen LogP contribution in [-0.2, 0) is 6.42 Å². The molecule has 0 saturated carbocycles. The Morgan fingerprint density at radius 2 is 2.21 bits per heavy atom. The maximum absolute atomic E-state index is 9.45. The molecular weight excluding hydrogens is 182 g/mol. The van der Waals surface area contributed by atoms with Crippen molar-refractivity contribution < 1.29 is 14.9 Å². The van der Waals surface area contributed by atoms with E-state index in [4.69, 9.17) is 15.6 Å². The fraction of sp³-hybridized carbons (Fsp3) is 0.400. The number of aliphatic hydroxyl groups excluding tert-OH is 1. The summed E-state index contributed by atoms with van der Waals surface area (Å²) in [6.45, 7) is -0.0627. The molecule has 0 aromatic heterocycles. The average Bonchev–Trinajstić information content (AvgIpc) is 2.18. The van der Waals surface area contributed by atoms with Crippen molar-refractivity contribution in [1.82, 2.24) is 0 Å². The second-order valence-corrected chi connectivity index (χ2v) is 3.15. The lowest BCUT2D eigenvalue weighted by Crippen LogP contribution is -2.26. The van der Waals surface area contributed by atoms with Crippen molar-refractivity contribution >= 4 is 0 Å². The highest BCUT2D eigenvalue weighted by Gasteiger charge is 2.05. The zero-order chi connectivity index (χ0) is 10.6. The molecule has 0 spiro atoms. The highest BCUT2D eigenvalue weighted by Crippen LogP contribution is 2.26. The minimum Gasteiger partial charge on any atom is -0.504 e. The first-order chi connectivity index (χ1) is 6.67. The van der Waals surface area contributed by atoms with Crippen molar-refractivity contribution in [3.8, 4) is 11.5 Å². The Morgan fingerprint density at radius 1 is 1.50 bits per heavy atom. The van der Waals surface area contributed by atoms with E-state index in [9.17, 15) is 5.11 Å². The van der Waals surface area contributed by atoms with E-state index in [0.29, 0.717) is 12.2 Å². The van der Waals surface area contributed by atoms with E-state index < -0.39 is 0 Å². The second-order valence-electron chi connectivity index (χ2n) is 3.15. The van der Waals surface area contributed by atoms with Crippen molar-refractivity contribution in [2.45, 2.75) is 12.5 Å². The van der Waals surface area contributed by atoms with Crippen molar-refractivity contribution in [3.63, 3.8) is 0 Å². The molecule has 1 rings (SSSR count). The SMILES string of the molecule is COc1ccc(C[C@H](N)CO)cc1O. The molecule has 0 heterocycles. The largest absolute Gasteiger partial charge is 0.504 e. The van der Waals surface area contributed by atoms with Crippen molar-refractivity contribution in [2.24, 2.45) is 5.73 Å². The number of aliphatic hydroxyl groups is 1. The molecule has 0 amide bonds. The number of phenols is 1. The van der Waals surface area contributed by atoms with Crippen LogP contribution in [0.15, 0.2) is 18.2 Å². The van der Waals surface area contributed by atoms with Crippen molar-refractivity contribution in [1.29, 1.82) is 0 Å². The Labute approximate surface area is 82.9 Å². The lowest BCUT2D eigenvalue weighted by atomic mass is 10.1. The van der Waals surface area contributed by atoms with Crippen LogP contribution in [0.25, 0.3) is 0 Å². The van der Waals surface area contributed by atoms with E-state index in [0.717, 1.165) is 5.56 Å². The summed E-state index contributed by atoms with van der Waals surface area (Å²) in [5, 5.41) is 18.2. The molecule has 0 bridgehead atoms. The average molecular weight is 197 g/mol. The van der Waals surface area contributed by atoms with Crippen LogP contribution in [0.4, 0.5) is 0 Å². The van der Waals surface area contributed by atoms with Gasteiger partial charge in [-0.1, -0.05) is 6.07 Å². The first kappa shape index (κ1) is 10.8. The van der Waals surface area contributed by atoms with Gasteiger partial charge >= 0.3 is 0 Å². The number of benzene rings is 1. The molecule has 4 nitrogen and oxygen atoms in total. The van der Waals surface area contributed by atoms with E-state index in [2.05, 4.69) is 0 Å². The smallest absolute Gasteiger partial charge is 0.160 e. The zero-order valence-electron chi connectivity index (χ0n) is 8.10. The molecule has 0 radical (unpaired) electrons. The summed E-state index contributed by atoms with van der Waals surface area (Å²) in [6, 6.07) is 4.79. The maximum Gasteiger partial charge on any atom is 0.160 e. The minimum atomic E-state index is -0.289. The number of methoxy groups -OCH3 is 1. The Morgan fingerprint density at radius 3 is 2.71 bits per heavy atom. The summed E-state index contributed by atoms with van der Waals surface area (Å²) in [4.78, 5) is 0. The van der Waals surface area contributed by atoms with E-state index in [1.54, 1.807) is 12.1 Å². The fourth-order valence-electron chi connectivity index (χ4n) is 1.23. The van der Waals surface area contributed by atoms with Gasteiger partial charge in [-0.15, -0.1) is 0 Å². The third kappa shape index (κ3) is 2.61. The summed E-state index contributed by atoms with van der Waals surface area (Å²) in [7, 11) is 1.49. The Kier molecular flexibility index (Phi) is 3.73. The van der Waals surface area contributed by atoms with Crippen molar-refractivity contribution in [3.05, 3.63) is 23.8 Å². The summed E-state index contributed by atoms with van der Waals surface area (Å²) < 4.78 is 4.90. The molecule has 0 saturated heterocycles. The first-order valence-electron chi connectivity index (χ1n) is 4.39. The highest BCUT2D eigenvalue weighted by molar-refractivity contribution is 5.41. The van der Waals surface area contributed by atoms with Crippen LogP contribution in [0.3, 0.4) is 0 Å². The lowest BCUT2D eigenvalue weighted by molar-refractivity contribution is 0.265. The van der Waals surface area contributed by atoms with E-state index >= 15 is 0 Å². The lowest BCUT2D eigenvalue weighted by Gasteiger charge is -2.09. The first-order valence-corrected chi connectivity index (χ1v) is 4.39. The number of aromatic hydroxyl groups is 1. The summed E-state index contributed by atoms with van der Waals surface area (Å²) in [5.41, 5.74) is 6.44. The molecule has 4 heteroatoms. The molecular formula is C10H15NO3. The van der Waals surface area contributed by atoms with Gasteiger partial charge in [0.05, 0.1) is 13.7 Å². The fourth-order valence-corrected chi connectivity index (χ4v) is 1.23. The van der Waals surface area contributed by atoms with Crippen LogP contribution < -0.4 is 10.5 Å². The third-order valence-electron chi connectivity index (χ3n) is 1.98. The number of nitrogens with two attached hydrogens (primary N) is 1. The highest BCUT2D eigenvalue weighted by atomic mass is 16.5. The van der Waals surface area contributed by atoms with E-state index in [1.807, 2.05) is 6.07 Å². The second kappa shape index (κ2) is 4.83. The zero-order valence-corrected chi connectivity index (χ0v) is 8.10. The van der Waals surface area contributed by atoms with Crippen LogP contribution in [0, 0.1) is 0 Å². The van der Waals surface area contributed by atoms with Gasteiger partial charge in [-0.3, -0.25) is 0 Å². The number of hydrogen-bond acceptors (Lipinski definition) is 4.